The standard InChI is InChI=1S/C26H26F5N5O4S/c1-33-9-7-17(11-19(33)37)35(13-15-12-34(14-32-15)16-5-3-2-4-6-16)26(38)18-8-10-36(18)41(39,40)25-23(30)21(28)20(27)22(29)24(25)31/h7,9,11-12,14,16,18H,2-6,8,10,13H2,1H3. The van der Waals surface area contributed by atoms with E-state index in [1.807, 2.05) is 4.57 Å². The number of carbonyl (C=O) groups is 1. The van der Waals surface area contributed by atoms with E-state index in [1.165, 1.54) is 23.9 Å². The molecule has 3 heterocycles. The number of hydrogen-bond acceptors (Lipinski definition) is 5. The summed E-state index contributed by atoms with van der Waals surface area (Å²) in [6.45, 7) is -0.572. The van der Waals surface area contributed by atoms with E-state index >= 15 is 0 Å². The molecule has 0 radical (unpaired) electrons. The predicted molar refractivity (Wildman–Crippen MR) is 136 cm³/mol. The summed E-state index contributed by atoms with van der Waals surface area (Å²) < 4.78 is 99.9. The lowest BCUT2D eigenvalue weighted by atomic mass is 9.95. The number of pyridine rings is 1. The number of amides is 1. The maximum atomic E-state index is 14.4. The van der Waals surface area contributed by atoms with Crippen molar-refractivity contribution in [2.75, 3.05) is 11.4 Å². The molecule has 1 atom stereocenters. The zero-order valence-corrected chi connectivity index (χ0v) is 22.7. The minimum absolute atomic E-state index is 0.0919. The number of anilines is 1. The quantitative estimate of drug-likeness (QED) is 0.234. The number of aryl methyl sites for hydroxylation is 1. The van der Waals surface area contributed by atoms with Crippen LogP contribution in [0, 0.1) is 29.1 Å². The van der Waals surface area contributed by atoms with Crippen molar-refractivity contribution in [3.8, 4) is 0 Å². The van der Waals surface area contributed by atoms with E-state index in [1.54, 1.807) is 12.5 Å². The van der Waals surface area contributed by atoms with Crippen molar-refractivity contribution in [3.63, 3.8) is 0 Å². The van der Waals surface area contributed by atoms with Gasteiger partial charge in [-0.2, -0.15) is 4.31 Å². The van der Waals surface area contributed by atoms with Crippen LogP contribution >= 0.6 is 0 Å². The third kappa shape index (κ3) is 5.16. The molecular weight excluding hydrogens is 573 g/mol. The molecule has 0 N–H and O–H groups in total. The number of imidazole rings is 1. The SMILES string of the molecule is Cn1ccc(N(Cc2cn(C3CCCCC3)cn2)C(=O)C2CCN2S(=O)(=O)c2c(F)c(F)c(F)c(F)c2F)cc1=O. The van der Waals surface area contributed by atoms with E-state index in [4.69, 9.17) is 0 Å². The van der Waals surface area contributed by atoms with Crippen LogP contribution in [0.1, 0.15) is 50.3 Å². The smallest absolute Gasteiger partial charge is 0.252 e. The molecule has 2 aromatic heterocycles. The highest BCUT2D eigenvalue weighted by atomic mass is 32.2. The molecule has 5 rings (SSSR count). The van der Waals surface area contributed by atoms with Crippen molar-refractivity contribution >= 4 is 21.6 Å². The fourth-order valence-corrected chi connectivity index (χ4v) is 6.95. The molecule has 1 aliphatic carbocycles. The molecular formula is C26H26F5N5O4S. The summed E-state index contributed by atoms with van der Waals surface area (Å²) in [7, 11) is -3.84. The van der Waals surface area contributed by atoms with Gasteiger partial charge in [-0.25, -0.2) is 35.4 Å². The van der Waals surface area contributed by atoms with Crippen LogP contribution in [-0.2, 0) is 28.4 Å². The topological polar surface area (TPSA) is 97.5 Å². The van der Waals surface area contributed by atoms with Gasteiger partial charge >= 0.3 is 0 Å². The maximum absolute atomic E-state index is 14.4. The zero-order chi connectivity index (χ0) is 29.6. The van der Waals surface area contributed by atoms with Crippen LogP contribution in [0.25, 0.3) is 0 Å². The summed E-state index contributed by atoms with van der Waals surface area (Å²) in [6.07, 6.45) is 9.96. The van der Waals surface area contributed by atoms with Crippen LogP contribution in [-0.4, -0.2) is 45.3 Å². The first-order valence-electron chi connectivity index (χ1n) is 13.0. The normalized spacial score (nSPS) is 18.3. The Hall–Kier alpha value is -3.59. The number of halogens is 5. The summed E-state index contributed by atoms with van der Waals surface area (Å²) in [5.74, 6) is -13.2. The van der Waals surface area contributed by atoms with Gasteiger partial charge in [0.1, 0.15) is 6.04 Å². The van der Waals surface area contributed by atoms with E-state index in [2.05, 4.69) is 4.98 Å². The molecule has 3 aromatic rings. The number of benzene rings is 1. The van der Waals surface area contributed by atoms with Gasteiger partial charge in [0.25, 0.3) is 5.56 Å². The zero-order valence-electron chi connectivity index (χ0n) is 21.9. The number of nitrogens with zero attached hydrogens (tertiary/aromatic N) is 5. The molecule has 0 spiro atoms. The van der Waals surface area contributed by atoms with Crippen LogP contribution in [0.4, 0.5) is 27.6 Å². The molecule has 41 heavy (non-hydrogen) atoms. The molecule has 2 fully saturated rings. The first-order valence-corrected chi connectivity index (χ1v) is 14.4. The van der Waals surface area contributed by atoms with Gasteiger partial charge in [0.15, 0.2) is 28.2 Å². The number of carbonyl (C=O) groups excluding carboxylic acids is 1. The first kappa shape index (κ1) is 28.9. The highest BCUT2D eigenvalue weighted by Gasteiger charge is 2.48. The predicted octanol–water partition coefficient (Wildman–Crippen LogP) is 3.78. The highest BCUT2D eigenvalue weighted by Crippen LogP contribution is 2.35. The van der Waals surface area contributed by atoms with E-state index in [0.29, 0.717) is 10.00 Å². The number of sulfonamides is 1. The van der Waals surface area contributed by atoms with E-state index < -0.39 is 68.1 Å². The Morgan fingerprint density at radius 2 is 1.63 bits per heavy atom. The van der Waals surface area contributed by atoms with Gasteiger partial charge in [-0.05, 0) is 25.3 Å². The Bertz CT molecular complexity index is 1640. The second-order valence-electron chi connectivity index (χ2n) is 10.2. The molecule has 1 saturated carbocycles. The van der Waals surface area contributed by atoms with Crippen molar-refractivity contribution in [2.24, 2.45) is 7.05 Å². The van der Waals surface area contributed by atoms with Gasteiger partial charge in [-0.15, -0.1) is 0 Å². The Kier molecular flexibility index (Phi) is 7.76. The van der Waals surface area contributed by atoms with Crippen LogP contribution in [0.2, 0.25) is 0 Å². The molecule has 9 nitrogen and oxygen atoms in total. The minimum Gasteiger partial charge on any atom is -0.334 e. The Morgan fingerprint density at radius 3 is 2.22 bits per heavy atom. The van der Waals surface area contributed by atoms with E-state index in [9.17, 15) is 40.0 Å². The van der Waals surface area contributed by atoms with Crippen molar-refractivity contribution in [1.29, 1.82) is 0 Å². The molecule has 1 amide bonds. The van der Waals surface area contributed by atoms with Crippen molar-refractivity contribution in [1.82, 2.24) is 18.4 Å². The molecule has 1 unspecified atom stereocenters. The lowest BCUT2D eigenvalue weighted by Gasteiger charge is -2.40. The third-order valence-corrected chi connectivity index (χ3v) is 9.56. The second kappa shape index (κ2) is 11.0. The Morgan fingerprint density at radius 1 is 1.00 bits per heavy atom. The third-order valence-electron chi connectivity index (χ3n) is 7.63. The molecule has 220 valence electrons. The summed E-state index contributed by atoms with van der Waals surface area (Å²) in [6, 6.07) is 1.34. The Balaban J connectivity index is 1.48. The minimum atomic E-state index is -5.33. The van der Waals surface area contributed by atoms with Gasteiger partial charge in [0.2, 0.25) is 21.7 Å². The number of rotatable bonds is 7. The summed E-state index contributed by atoms with van der Waals surface area (Å²) in [5, 5.41) is 0. The van der Waals surface area contributed by atoms with E-state index in [0.717, 1.165) is 43.1 Å². The lowest BCUT2D eigenvalue weighted by Crippen LogP contribution is -2.59. The molecule has 1 saturated heterocycles. The summed E-state index contributed by atoms with van der Waals surface area (Å²) >= 11 is 0. The van der Waals surface area contributed by atoms with Crippen LogP contribution < -0.4 is 10.5 Å². The van der Waals surface area contributed by atoms with Gasteiger partial charge in [0.05, 0.1) is 24.3 Å². The summed E-state index contributed by atoms with van der Waals surface area (Å²) in [4.78, 5) is 29.6. The molecule has 0 bridgehead atoms. The largest absolute Gasteiger partial charge is 0.334 e. The van der Waals surface area contributed by atoms with Crippen LogP contribution in [0.5, 0.6) is 0 Å². The highest BCUT2D eigenvalue weighted by molar-refractivity contribution is 7.89. The molecule has 15 heteroatoms. The number of aromatic nitrogens is 3. The van der Waals surface area contributed by atoms with Gasteiger partial charge < -0.3 is 14.0 Å². The fraction of sp³-hybridized carbons (Fsp3) is 0.423. The van der Waals surface area contributed by atoms with Crippen molar-refractivity contribution in [3.05, 3.63) is 76.0 Å². The lowest BCUT2D eigenvalue weighted by molar-refractivity contribution is -0.125. The van der Waals surface area contributed by atoms with Gasteiger partial charge in [-0.1, -0.05) is 19.3 Å². The average Bonchev–Trinajstić information content (AvgIpc) is 3.39. The molecule has 1 aliphatic heterocycles. The van der Waals surface area contributed by atoms with Crippen LogP contribution in [0.15, 0.2) is 40.5 Å². The summed E-state index contributed by atoms with van der Waals surface area (Å²) in [5.41, 5.74) is 0.0939. The monoisotopic (exact) mass is 599 g/mol. The van der Waals surface area contributed by atoms with Gasteiger partial charge in [0, 0.05) is 38.1 Å². The maximum Gasteiger partial charge on any atom is 0.252 e. The average molecular weight is 600 g/mol. The Labute approximate surface area is 231 Å². The second-order valence-corrected chi connectivity index (χ2v) is 12.0. The van der Waals surface area contributed by atoms with E-state index in [-0.39, 0.29) is 24.7 Å². The number of hydrogen-bond donors (Lipinski definition) is 0. The first-order chi connectivity index (χ1) is 19.4. The van der Waals surface area contributed by atoms with Crippen molar-refractivity contribution in [2.45, 2.75) is 62.0 Å². The van der Waals surface area contributed by atoms with Crippen LogP contribution in [0.3, 0.4) is 0 Å². The molecule has 2 aliphatic rings. The van der Waals surface area contributed by atoms with Crippen molar-refractivity contribution < 1.29 is 35.2 Å². The van der Waals surface area contributed by atoms with Gasteiger partial charge in [-0.3, -0.25) is 9.59 Å². The fourth-order valence-electron chi connectivity index (χ4n) is 5.21. The molecule has 1 aromatic carbocycles.